The Morgan fingerprint density at radius 1 is 1.47 bits per heavy atom. The molecule has 1 unspecified atom stereocenters. The third kappa shape index (κ3) is 2.98. The fraction of sp³-hybridized carbons (Fsp3) is 0.357. The van der Waals surface area contributed by atoms with Gasteiger partial charge in [0.2, 0.25) is 0 Å². The minimum absolute atomic E-state index is 0.366. The van der Waals surface area contributed by atoms with E-state index in [2.05, 4.69) is 36.9 Å². The molecule has 19 heavy (non-hydrogen) atoms. The zero-order chi connectivity index (χ0) is 13.1. The first-order valence-electron chi connectivity index (χ1n) is 6.44. The molecule has 2 aromatic rings. The van der Waals surface area contributed by atoms with Crippen molar-refractivity contribution in [2.75, 3.05) is 13.2 Å². The first-order valence-corrected chi connectivity index (χ1v) is 7.23. The molecular weight excluding hydrogens is 306 g/mol. The predicted octanol–water partition coefficient (Wildman–Crippen LogP) is 2.76. The van der Waals surface area contributed by atoms with E-state index in [0.29, 0.717) is 6.04 Å². The van der Waals surface area contributed by atoms with E-state index in [1.54, 1.807) is 6.20 Å². The van der Waals surface area contributed by atoms with Crippen LogP contribution in [0.4, 0.5) is 0 Å². The molecule has 2 heterocycles. The monoisotopic (exact) mass is 321 g/mol. The molecule has 0 radical (unpaired) electrons. The number of halogens is 1. The molecule has 0 fully saturated rings. The molecule has 1 aromatic heterocycles. The van der Waals surface area contributed by atoms with E-state index < -0.39 is 0 Å². The van der Waals surface area contributed by atoms with Gasteiger partial charge in [0.25, 0.3) is 0 Å². The molecule has 0 spiro atoms. The third-order valence-electron chi connectivity index (χ3n) is 3.33. The summed E-state index contributed by atoms with van der Waals surface area (Å²) in [6.07, 6.45) is 6.64. The van der Waals surface area contributed by atoms with Crippen molar-refractivity contribution in [1.29, 1.82) is 0 Å². The van der Waals surface area contributed by atoms with Crippen molar-refractivity contribution in [3.8, 4) is 5.75 Å². The van der Waals surface area contributed by atoms with Crippen LogP contribution in [0.15, 0.2) is 41.4 Å². The Bertz CT molecular complexity index is 542. The summed E-state index contributed by atoms with van der Waals surface area (Å²) in [5.41, 5.74) is 1.24. The van der Waals surface area contributed by atoms with Crippen molar-refractivity contribution in [2.24, 2.45) is 0 Å². The molecule has 1 atom stereocenters. The van der Waals surface area contributed by atoms with Crippen LogP contribution in [0.25, 0.3) is 0 Å². The van der Waals surface area contributed by atoms with Crippen molar-refractivity contribution < 1.29 is 4.74 Å². The lowest BCUT2D eigenvalue weighted by Gasteiger charge is -2.27. The molecule has 0 bridgehead atoms. The summed E-state index contributed by atoms with van der Waals surface area (Å²) < 4.78 is 8.86. The maximum atomic E-state index is 5.68. The summed E-state index contributed by atoms with van der Waals surface area (Å²) in [7, 11) is 0. The number of rotatable bonds is 4. The van der Waals surface area contributed by atoms with Crippen LogP contribution in [0.5, 0.6) is 5.75 Å². The molecule has 1 aromatic carbocycles. The molecule has 1 aliphatic rings. The molecule has 0 saturated carbocycles. The molecule has 0 saturated heterocycles. The fourth-order valence-corrected chi connectivity index (χ4v) is 2.74. The summed E-state index contributed by atoms with van der Waals surface area (Å²) in [4.78, 5) is 4.04. The Kier molecular flexibility index (Phi) is 3.84. The van der Waals surface area contributed by atoms with Gasteiger partial charge < -0.3 is 14.6 Å². The molecule has 1 N–H and O–H groups in total. The van der Waals surface area contributed by atoms with Crippen LogP contribution in [-0.4, -0.2) is 22.7 Å². The Hall–Kier alpha value is -1.33. The van der Waals surface area contributed by atoms with E-state index in [-0.39, 0.29) is 0 Å². The van der Waals surface area contributed by atoms with Gasteiger partial charge in [0.05, 0.1) is 12.9 Å². The van der Waals surface area contributed by atoms with E-state index in [1.807, 2.05) is 24.7 Å². The van der Waals surface area contributed by atoms with Gasteiger partial charge in [-0.2, -0.15) is 0 Å². The number of imidazole rings is 1. The van der Waals surface area contributed by atoms with Gasteiger partial charge in [-0.05, 0) is 18.2 Å². The second-order valence-corrected chi connectivity index (χ2v) is 5.54. The highest BCUT2D eigenvalue weighted by Crippen LogP contribution is 2.33. The first kappa shape index (κ1) is 12.7. The van der Waals surface area contributed by atoms with Crippen molar-refractivity contribution in [3.63, 3.8) is 0 Å². The Morgan fingerprint density at radius 3 is 3.26 bits per heavy atom. The van der Waals surface area contributed by atoms with Crippen molar-refractivity contribution in [3.05, 3.63) is 47.0 Å². The van der Waals surface area contributed by atoms with Crippen LogP contribution < -0.4 is 10.1 Å². The van der Waals surface area contributed by atoms with Gasteiger partial charge >= 0.3 is 0 Å². The van der Waals surface area contributed by atoms with Crippen LogP contribution in [0.1, 0.15) is 18.0 Å². The largest absolute Gasteiger partial charge is 0.493 e. The Morgan fingerprint density at radius 2 is 2.42 bits per heavy atom. The lowest BCUT2D eigenvalue weighted by atomic mass is 10.0. The van der Waals surface area contributed by atoms with Gasteiger partial charge in [0.15, 0.2) is 0 Å². The van der Waals surface area contributed by atoms with Gasteiger partial charge in [-0.3, -0.25) is 0 Å². The molecule has 4 nitrogen and oxygen atoms in total. The molecule has 1 aliphatic heterocycles. The third-order valence-corrected chi connectivity index (χ3v) is 3.82. The zero-order valence-corrected chi connectivity index (χ0v) is 12.1. The fourth-order valence-electron chi connectivity index (χ4n) is 2.36. The summed E-state index contributed by atoms with van der Waals surface area (Å²) in [5, 5.41) is 3.59. The second-order valence-electron chi connectivity index (χ2n) is 4.63. The summed E-state index contributed by atoms with van der Waals surface area (Å²) in [6.45, 7) is 2.63. The van der Waals surface area contributed by atoms with Crippen LogP contribution in [0.3, 0.4) is 0 Å². The van der Waals surface area contributed by atoms with E-state index >= 15 is 0 Å². The number of aromatic nitrogens is 2. The van der Waals surface area contributed by atoms with Gasteiger partial charge in [0.1, 0.15) is 5.75 Å². The number of ether oxygens (including phenoxy) is 1. The molecule has 100 valence electrons. The quantitative estimate of drug-likeness (QED) is 0.941. The van der Waals surface area contributed by atoms with Crippen LogP contribution in [0.2, 0.25) is 0 Å². The van der Waals surface area contributed by atoms with Gasteiger partial charge in [-0.15, -0.1) is 0 Å². The number of hydrogen-bond acceptors (Lipinski definition) is 3. The first-order chi connectivity index (χ1) is 9.33. The number of nitrogens with zero attached hydrogens (tertiary/aromatic N) is 2. The lowest BCUT2D eigenvalue weighted by molar-refractivity contribution is 0.252. The summed E-state index contributed by atoms with van der Waals surface area (Å²) in [5.74, 6) is 0.995. The minimum Gasteiger partial charge on any atom is -0.493 e. The number of nitrogens with one attached hydrogen (secondary N) is 1. The standard InChI is InChI=1S/C14H16BrN3O/c15-11-1-2-14-12(9-11)13(3-8-19-14)17-5-7-18-6-4-16-10-18/h1-2,4,6,9-10,13,17H,3,5,7-8H2. The molecule has 5 heteroatoms. The minimum atomic E-state index is 0.366. The van der Waals surface area contributed by atoms with Crippen LogP contribution in [0, 0.1) is 0 Å². The van der Waals surface area contributed by atoms with E-state index in [4.69, 9.17) is 4.74 Å². The van der Waals surface area contributed by atoms with Crippen LogP contribution in [-0.2, 0) is 6.54 Å². The van der Waals surface area contributed by atoms with Crippen molar-refractivity contribution in [1.82, 2.24) is 14.9 Å². The average Bonchev–Trinajstić information content (AvgIpc) is 2.92. The number of fused-ring (bicyclic) bond motifs is 1. The maximum absolute atomic E-state index is 5.68. The second kappa shape index (κ2) is 5.75. The summed E-state index contributed by atoms with van der Waals surface area (Å²) in [6, 6.07) is 6.56. The van der Waals surface area contributed by atoms with Crippen LogP contribution >= 0.6 is 15.9 Å². The molecule has 0 amide bonds. The topological polar surface area (TPSA) is 39.1 Å². The highest BCUT2D eigenvalue weighted by molar-refractivity contribution is 9.10. The SMILES string of the molecule is Brc1ccc2c(c1)C(NCCn1ccnc1)CCO2. The van der Waals surface area contributed by atoms with E-state index in [0.717, 1.165) is 36.3 Å². The van der Waals surface area contributed by atoms with Gasteiger partial charge in [-0.1, -0.05) is 15.9 Å². The average molecular weight is 322 g/mol. The van der Waals surface area contributed by atoms with Crippen molar-refractivity contribution in [2.45, 2.75) is 19.0 Å². The predicted molar refractivity (Wildman–Crippen MR) is 77.2 cm³/mol. The lowest BCUT2D eigenvalue weighted by Crippen LogP contribution is -2.29. The maximum Gasteiger partial charge on any atom is 0.124 e. The van der Waals surface area contributed by atoms with E-state index in [1.165, 1.54) is 5.56 Å². The highest BCUT2D eigenvalue weighted by Gasteiger charge is 2.20. The zero-order valence-electron chi connectivity index (χ0n) is 10.6. The highest BCUT2D eigenvalue weighted by atomic mass is 79.9. The summed E-state index contributed by atoms with van der Waals surface area (Å²) >= 11 is 3.52. The molecule has 0 aliphatic carbocycles. The number of benzene rings is 1. The Balaban J connectivity index is 1.64. The van der Waals surface area contributed by atoms with Gasteiger partial charge in [-0.25, -0.2) is 4.98 Å². The smallest absolute Gasteiger partial charge is 0.124 e. The molecule has 3 rings (SSSR count). The van der Waals surface area contributed by atoms with Crippen molar-refractivity contribution >= 4 is 15.9 Å². The van der Waals surface area contributed by atoms with E-state index in [9.17, 15) is 0 Å². The van der Waals surface area contributed by atoms with Gasteiger partial charge in [0, 0.05) is 48.0 Å². The Labute approximate surface area is 120 Å². The number of hydrogen-bond donors (Lipinski definition) is 1. The normalized spacial score (nSPS) is 17.8. The molecular formula is C14H16BrN3O.